The van der Waals surface area contributed by atoms with Crippen LogP contribution in [-0.2, 0) is 7.05 Å². The van der Waals surface area contributed by atoms with Crippen LogP contribution in [0.3, 0.4) is 0 Å². The maximum atomic E-state index is 12.3. The predicted molar refractivity (Wildman–Crippen MR) is 84.4 cm³/mol. The fourth-order valence-corrected chi connectivity index (χ4v) is 2.27. The highest BCUT2D eigenvalue weighted by Crippen LogP contribution is 2.18. The number of anilines is 1. The van der Waals surface area contributed by atoms with Crippen molar-refractivity contribution in [2.45, 2.75) is 0 Å². The Bertz CT molecular complexity index is 984. The maximum absolute atomic E-state index is 12.3. The van der Waals surface area contributed by atoms with E-state index in [2.05, 4.69) is 5.32 Å². The topological polar surface area (TPSA) is 107 Å². The molecule has 0 saturated carbocycles. The van der Waals surface area contributed by atoms with Crippen LogP contribution >= 0.6 is 0 Å². The molecular formula is C16H13N3O4. The van der Waals surface area contributed by atoms with Crippen molar-refractivity contribution in [3.63, 3.8) is 0 Å². The van der Waals surface area contributed by atoms with Gasteiger partial charge in [-0.2, -0.15) is 0 Å². The Balaban J connectivity index is 1.89. The van der Waals surface area contributed by atoms with Crippen LogP contribution < -0.4 is 16.7 Å². The number of aromatic nitrogens is 1. The summed E-state index contributed by atoms with van der Waals surface area (Å²) in [5, 5.41) is 3.41. The van der Waals surface area contributed by atoms with E-state index in [4.69, 9.17) is 10.2 Å². The van der Waals surface area contributed by atoms with E-state index >= 15 is 0 Å². The van der Waals surface area contributed by atoms with Crippen LogP contribution in [0.4, 0.5) is 5.69 Å². The van der Waals surface area contributed by atoms with Gasteiger partial charge in [-0.3, -0.25) is 9.59 Å². The maximum Gasteiger partial charge on any atom is 0.336 e. The lowest BCUT2D eigenvalue weighted by Gasteiger charge is -2.06. The molecule has 0 radical (unpaired) electrons. The zero-order valence-corrected chi connectivity index (χ0v) is 12.2. The summed E-state index contributed by atoms with van der Waals surface area (Å²) in [5.41, 5.74) is 6.31. The molecule has 0 atom stereocenters. The molecular weight excluding hydrogens is 298 g/mol. The molecule has 1 aromatic carbocycles. The van der Waals surface area contributed by atoms with Crippen LogP contribution in [0.25, 0.3) is 11.0 Å². The van der Waals surface area contributed by atoms with E-state index in [9.17, 15) is 14.4 Å². The second-order valence-electron chi connectivity index (χ2n) is 5.05. The number of primary amides is 1. The van der Waals surface area contributed by atoms with E-state index in [1.54, 1.807) is 31.3 Å². The highest BCUT2D eigenvalue weighted by atomic mass is 16.4. The van der Waals surface area contributed by atoms with E-state index in [0.29, 0.717) is 22.4 Å². The number of benzene rings is 1. The molecule has 0 spiro atoms. The first-order chi connectivity index (χ1) is 10.9. The van der Waals surface area contributed by atoms with Crippen molar-refractivity contribution in [3.05, 3.63) is 64.3 Å². The fourth-order valence-electron chi connectivity index (χ4n) is 2.27. The third kappa shape index (κ3) is 2.84. The summed E-state index contributed by atoms with van der Waals surface area (Å²) in [7, 11) is 1.65. The van der Waals surface area contributed by atoms with Gasteiger partial charge in [-0.15, -0.1) is 0 Å². The Morgan fingerprint density at radius 1 is 1.17 bits per heavy atom. The predicted octanol–water partition coefficient (Wildman–Crippen LogP) is 1.48. The first-order valence-electron chi connectivity index (χ1n) is 6.75. The van der Waals surface area contributed by atoms with Crippen molar-refractivity contribution in [1.82, 2.24) is 4.57 Å². The van der Waals surface area contributed by atoms with E-state index in [-0.39, 0.29) is 11.5 Å². The molecule has 0 unspecified atom stereocenters. The van der Waals surface area contributed by atoms with Crippen molar-refractivity contribution in [2.75, 3.05) is 5.32 Å². The number of carbonyl (C=O) groups is 2. The van der Waals surface area contributed by atoms with Crippen molar-refractivity contribution < 1.29 is 14.0 Å². The van der Waals surface area contributed by atoms with Crippen LogP contribution in [0, 0.1) is 0 Å². The minimum absolute atomic E-state index is 0.262. The van der Waals surface area contributed by atoms with Gasteiger partial charge >= 0.3 is 5.63 Å². The van der Waals surface area contributed by atoms with Gasteiger partial charge in [0.1, 0.15) is 11.3 Å². The molecule has 3 N–H and O–H groups in total. The molecule has 0 saturated heterocycles. The Labute approximate surface area is 130 Å². The van der Waals surface area contributed by atoms with E-state index in [1.807, 2.05) is 0 Å². The summed E-state index contributed by atoms with van der Waals surface area (Å²) >= 11 is 0. The van der Waals surface area contributed by atoms with E-state index in [0.717, 1.165) is 0 Å². The van der Waals surface area contributed by atoms with Gasteiger partial charge in [0.05, 0.1) is 5.56 Å². The average Bonchev–Trinajstić information content (AvgIpc) is 2.90. The van der Waals surface area contributed by atoms with E-state index in [1.165, 1.54) is 22.9 Å². The van der Waals surface area contributed by atoms with Crippen molar-refractivity contribution in [1.29, 1.82) is 0 Å². The summed E-state index contributed by atoms with van der Waals surface area (Å²) in [6.45, 7) is 0. The standard InChI is InChI=1S/C16H13N3O4/c1-19-8-10(15(17)21)7-12(19)16(22)18-11-3-4-13-9(6-11)2-5-14(20)23-13/h2-8H,1H3,(H2,17,21)(H,18,22). The number of aryl methyl sites for hydroxylation is 1. The number of nitrogens with two attached hydrogens (primary N) is 1. The molecule has 23 heavy (non-hydrogen) atoms. The third-order valence-electron chi connectivity index (χ3n) is 3.40. The van der Waals surface area contributed by atoms with Crippen molar-refractivity contribution in [2.24, 2.45) is 12.8 Å². The lowest BCUT2D eigenvalue weighted by atomic mass is 10.2. The highest BCUT2D eigenvalue weighted by molar-refractivity contribution is 6.06. The SMILES string of the molecule is Cn1cc(C(N)=O)cc1C(=O)Nc1ccc2oc(=O)ccc2c1. The average molecular weight is 311 g/mol. The largest absolute Gasteiger partial charge is 0.423 e. The number of nitrogens with zero attached hydrogens (tertiary/aromatic N) is 1. The minimum atomic E-state index is -0.597. The number of hydrogen-bond donors (Lipinski definition) is 2. The number of rotatable bonds is 3. The number of fused-ring (bicyclic) bond motifs is 1. The van der Waals surface area contributed by atoms with Gasteiger partial charge in [0.15, 0.2) is 0 Å². The molecule has 2 aromatic heterocycles. The molecule has 2 heterocycles. The fraction of sp³-hybridized carbons (Fsp3) is 0.0625. The molecule has 0 fully saturated rings. The van der Waals surface area contributed by atoms with Gasteiger partial charge < -0.3 is 20.0 Å². The smallest absolute Gasteiger partial charge is 0.336 e. The number of carbonyl (C=O) groups excluding carboxylic acids is 2. The molecule has 2 amide bonds. The zero-order valence-electron chi connectivity index (χ0n) is 12.2. The Morgan fingerprint density at radius 3 is 2.65 bits per heavy atom. The number of hydrogen-bond acceptors (Lipinski definition) is 4. The molecule has 7 heteroatoms. The monoisotopic (exact) mass is 311 g/mol. The van der Waals surface area contributed by atoms with Crippen LogP contribution in [0.5, 0.6) is 0 Å². The highest BCUT2D eigenvalue weighted by Gasteiger charge is 2.14. The number of amides is 2. The summed E-state index contributed by atoms with van der Waals surface area (Å²) in [4.78, 5) is 34.6. The molecule has 0 aliphatic heterocycles. The van der Waals surface area contributed by atoms with Crippen LogP contribution in [0.15, 0.2) is 51.8 Å². The van der Waals surface area contributed by atoms with Gasteiger partial charge in [0.2, 0.25) is 5.91 Å². The van der Waals surface area contributed by atoms with Gasteiger partial charge in [0.25, 0.3) is 5.91 Å². The van der Waals surface area contributed by atoms with Crippen LogP contribution in [-0.4, -0.2) is 16.4 Å². The Morgan fingerprint density at radius 2 is 1.96 bits per heavy atom. The first kappa shape index (κ1) is 14.6. The minimum Gasteiger partial charge on any atom is -0.423 e. The van der Waals surface area contributed by atoms with Gasteiger partial charge in [0, 0.05) is 30.4 Å². The molecule has 0 aliphatic rings. The lowest BCUT2D eigenvalue weighted by molar-refractivity contribution is 0.0998. The normalized spacial score (nSPS) is 10.7. The molecule has 0 bridgehead atoms. The molecule has 0 aliphatic carbocycles. The summed E-state index contributed by atoms with van der Waals surface area (Å²) < 4.78 is 6.55. The lowest BCUT2D eigenvalue weighted by Crippen LogP contribution is -2.15. The summed E-state index contributed by atoms with van der Waals surface area (Å²) in [6, 6.07) is 9.27. The van der Waals surface area contributed by atoms with Crippen molar-refractivity contribution >= 4 is 28.5 Å². The zero-order chi connectivity index (χ0) is 16.6. The van der Waals surface area contributed by atoms with Gasteiger partial charge in [-0.05, 0) is 30.3 Å². The van der Waals surface area contributed by atoms with E-state index < -0.39 is 11.5 Å². The molecule has 3 rings (SSSR count). The summed E-state index contributed by atoms with van der Waals surface area (Å²) in [6.07, 6.45) is 1.49. The molecule has 7 nitrogen and oxygen atoms in total. The number of nitrogens with one attached hydrogen (secondary N) is 1. The Hall–Kier alpha value is -3.35. The molecule has 3 aromatic rings. The van der Waals surface area contributed by atoms with Gasteiger partial charge in [-0.25, -0.2) is 4.79 Å². The van der Waals surface area contributed by atoms with Crippen LogP contribution in [0.2, 0.25) is 0 Å². The Kier molecular flexibility index (Phi) is 3.46. The van der Waals surface area contributed by atoms with Crippen LogP contribution in [0.1, 0.15) is 20.8 Å². The second-order valence-corrected chi connectivity index (χ2v) is 5.05. The first-order valence-corrected chi connectivity index (χ1v) is 6.75. The molecule has 116 valence electrons. The quantitative estimate of drug-likeness (QED) is 0.714. The third-order valence-corrected chi connectivity index (χ3v) is 3.40. The summed E-state index contributed by atoms with van der Waals surface area (Å²) in [5.74, 6) is -0.975. The van der Waals surface area contributed by atoms with Gasteiger partial charge in [-0.1, -0.05) is 0 Å². The second kappa shape index (κ2) is 5.45. The van der Waals surface area contributed by atoms with Crippen molar-refractivity contribution in [3.8, 4) is 0 Å².